The highest BCUT2D eigenvalue weighted by Crippen LogP contribution is 2.25. The lowest BCUT2D eigenvalue weighted by Crippen LogP contribution is -1.94. The van der Waals surface area contributed by atoms with E-state index in [9.17, 15) is 5.11 Å². The van der Waals surface area contributed by atoms with Gasteiger partial charge in [0.1, 0.15) is 5.75 Å². The van der Waals surface area contributed by atoms with Crippen LogP contribution in [-0.4, -0.2) is 5.11 Å². The van der Waals surface area contributed by atoms with Crippen molar-refractivity contribution in [1.82, 2.24) is 0 Å². The Kier molecular flexibility index (Phi) is 3.29. The molecule has 0 amide bonds. The zero-order chi connectivity index (χ0) is 12.3. The summed E-state index contributed by atoms with van der Waals surface area (Å²) in [6.45, 7) is 5.87. The van der Waals surface area contributed by atoms with E-state index in [2.05, 4.69) is 25.6 Å². The summed E-state index contributed by atoms with van der Waals surface area (Å²) in [4.78, 5) is 0. The highest BCUT2D eigenvalue weighted by molar-refractivity contribution is 5.57. The van der Waals surface area contributed by atoms with E-state index >= 15 is 0 Å². The summed E-state index contributed by atoms with van der Waals surface area (Å²) in [5.41, 5.74) is 4.41. The molecule has 0 aromatic heterocycles. The Hall–Kier alpha value is -2.02. The number of phenols is 1. The van der Waals surface area contributed by atoms with Gasteiger partial charge in [0.25, 0.3) is 0 Å². The van der Waals surface area contributed by atoms with Gasteiger partial charge in [-0.3, -0.25) is 0 Å². The number of rotatable bonds is 3. The predicted octanol–water partition coefficient (Wildman–Crippen LogP) is 3.93. The Morgan fingerprint density at radius 1 is 1.12 bits per heavy atom. The maximum absolute atomic E-state index is 9.93. The SMILES string of the molecule is C=Cc1cccc(O)c1Cc1ccccc1C. The predicted molar refractivity (Wildman–Crippen MR) is 72.2 cm³/mol. The van der Waals surface area contributed by atoms with Crippen LogP contribution in [0.1, 0.15) is 22.3 Å². The lowest BCUT2D eigenvalue weighted by Gasteiger charge is -2.10. The van der Waals surface area contributed by atoms with Crippen LogP contribution in [0, 0.1) is 6.92 Å². The molecule has 0 aliphatic rings. The molecule has 0 saturated carbocycles. The van der Waals surface area contributed by atoms with Gasteiger partial charge < -0.3 is 5.11 Å². The summed E-state index contributed by atoms with van der Waals surface area (Å²) in [5, 5.41) is 9.93. The van der Waals surface area contributed by atoms with Gasteiger partial charge in [0.2, 0.25) is 0 Å². The summed E-state index contributed by atoms with van der Waals surface area (Å²) in [6.07, 6.45) is 2.52. The first-order chi connectivity index (χ1) is 8.22. The van der Waals surface area contributed by atoms with Crippen molar-refractivity contribution in [3.8, 4) is 5.75 Å². The van der Waals surface area contributed by atoms with Gasteiger partial charge in [0.15, 0.2) is 0 Å². The second-order valence-corrected chi connectivity index (χ2v) is 4.15. The molecule has 0 bridgehead atoms. The lowest BCUT2D eigenvalue weighted by atomic mass is 9.96. The molecule has 0 radical (unpaired) electrons. The Balaban J connectivity index is 2.43. The van der Waals surface area contributed by atoms with Gasteiger partial charge in [0.05, 0.1) is 0 Å². The van der Waals surface area contributed by atoms with E-state index in [0.29, 0.717) is 5.75 Å². The quantitative estimate of drug-likeness (QED) is 0.837. The second kappa shape index (κ2) is 4.88. The standard InChI is InChI=1S/C16H16O/c1-3-13-9-6-10-16(17)15(13)11-14-8-5-4-7-12(14)2/h3-10,17H,1,11H2,2H3. The van der Waals surface area contributed by atoms with Crippen LogP contribution < -0.4 is 0 Å². The molecule has 0 unspecified atom stereocenters. The van der Waals surface area contributed by atoms with Crippen LogP contribution in [0.3, 0.4) is 0 Å². The third-order valence-electron chi connectivity index (χ3n) is 3.04. The average Bonchev–Trinajstić information content (AvgIpc) is 2.34. The number of benzene rings is 2. The Morgan fingerprint density at radius 3 is 2.59 bits per heavy atom. The smallest absolute Gasteiger partial charge is 0.119 e. The summed E-state index contributed by atoms with van der Waals surface area (Å²) < 4.78 is 0. The highest BCUT2D eigenvalue weighted by atomic mass is 16.3. The molecule has 0 atom stereocenters. The van der Waals surface area contributed by atoms with Crippen LogP contribution in [0.5, 0.6) is 5.75 Å². The molecule has 17 heavy (non-hydrogen) atoms. The molecule has 0 heterocycles. The number of hydrogen-bond donors (Lipinski definition) is 1. The minimum atomic E-state index is 0.339. The van der Waals surface area contributed by atoms with Crippen LogP contribution in [0.2, 0.25) is 0 Å². The topological polar surface area (TPSA) is 20.2 Å². The maximum atomic E-state index is 9.93. The monoisotopic (exact) mass is 224 g/mol. The van der Waals surface area contributed by atoms with E-state index in [1.54, 1.807) is 12.1 Å². The van der Waals surface area contributed by atoms with Crippen molar-refractivity contribution < 1.29 is 5.11 Å². The lowest BCUT2D eigenvalue weighted by molar-refractivity contribution is 0.469. The van der Waals surface area contributed by atoms with Gasteiger partial charge in [-0.2, -0.15) is 0 Å². The third-order valence-corrected chi connectivity index (χ3v) is 3.04. The highest BCUT2D eigenvalue weighted by Gasteiger charge is 2.07. The van der Waals surface area contributed by atoms with E-state index in [0.717, 1.165) is 17.5 Å². The molecule has 86 valence electrons. The fourth-order valence-electron chi connectivity index (χ4n) is 1.97. The molecule has 1 N–H and O–H groups in total. The van der Waals surface area contributed by atoms with Crippen molar-refractivity contribution >= 4 is 6.08 Å². The molecule has 0 aliphatic heterocycles. The molecule has 2 aromatic carbocycles. The van der Waals surface area contributed by atoms with Crippen LogP contribution in [0.15, 0.2) is 49.0 Å². The first-order valence-electron chi connectivity index (χ1n) is 5.70. The summed E-state index contributed by atoms with van der Waals surface area (Å²) in [7, 11) is 0. The van der Waals surface area contributed by atoms with Gasteiger partial charge in [0, 0.05) is 12.0 Å². The van der Waals surface area contributed by atoms with Gasteiger partial charge in [-0.25, -0.2) is 0 Å². The molecule has 2 aromatic rings. The minimum Gasteiger partial charge on any atom is -0.508 e. The van der Waals surface area contributed by atoms with Gasteiger partial charge in [-0.15, -0.1) is 0 Å². The number of hydrogen-bond acceptors (Lipinski definition) is 1. The van der Waals surface area contributed by atoms with E-state index < -0.39 is 0 Å². The number of aryl methyl sites for hydroxylation is 1. The van der Waals surface area contributed by atoms with E-state index in [1.807, 2.05) is 24.3 Å². The summed E-state index contributed by atoms with van der Waals surface area (Å²) in [5.74, 6) is 0.339. The zero-order valence-corrected chi connectivity index (χ0v) is 9.98. The molecule has 2 rings (SSSR count). The molecule has 0 fully saturated rings. The van der Waals surface area contributed by atoms with Crippen LogP contribution in [0.4, 0.5) is 0 Å². The maximum Gasteiger partial charge on any atom is 0.119 e. The van der Waals surface area contributed by atoms with Gasteiger partial charge >= 0.3 is 0 Å². The fourth-order valence-corrected chi connectivity index (χ4v) is 1.97. The number of phenolic OH excluding ortho intramolecular Hbond substituents is 1. The largest absolute Gasteiger partial charge is 0.508 e. The molecular formula is C16H16O. The Labute approximate surface area is 102 Å². The molecule has 1 heteroatoms. The zero-order valence-electron chi connectivity index (χ0n) is 9.98. The van der Waals surface area contributed by atoms with Crippen LogP contribution in [-0.2, 0) is 6.42 Å². The normalized spacial score (nSPS) is 10.2. The van der Waals surface area contributed by atoms with E-state index in [4.69, 9.17) is 0 Å². The van der Waals surface area contributed by atoms with Crippen molar-refractivity contribution in [2.75, 3.05) is 0 Å². The number of aromatic hydroxyl groups is 1. The molecule has 1 nitrogen and oxygen atoms in total. The van der Waals surface area contributed by atoms with Crippen LogP contribution >= 0.6 is 0 Å². The van der Waals surface area contributed by atoms with E-state index in [1.165, 1.54) is 11.1 Å². The molecular weight excluding hydrogens is 208 g/mol. The minimum absolute atomic E-state index is 0.339. The first-order valence-corrected chi connectivity index (χ1v) is 5.70. The summed E-state index contributed by atoms with van der Waals surface area (Å²) >= 11 is 0. The average molecular weight is 224 g/mol. The fraction of sp³-hybridized carbons (Fsp3) is 0.125. The van der Waals surface area contributed by atoms with Crippen molar-refractivity contribution in [3.63, 3.8) is 0 Å². The molecule has 0 aliphatic carbocycles. The Morgan fingerprint density at radius 2 is 1.88 bits per heavy atom. The van der Waals surface area contributed by atoms with Crippen LogP contribution in [0.25, 0.3) is 6.08 Å². The second-order valence-electron chi connectivity index (χ2n) is 4.15. The van der Waals surface area contributed by atoms with Crippen molar-refractivity contribution in [2.24, 2.45) is 0 Å². The Bertz CT molecular complexity index is 541. The summed E-state index contributed by atoms with van der Waals surface area (Å²) in [6, 6.07) is 13.8. The van der Waals surface area contributed by atoms with Crippen molar-refractivity contribution in [1.29, 1.82) is 0 Å². The molecule has 0 saturated heterocycles. The molecule has 0 spiro atoms. The van der Waals surface area contributed by atoms with Crippen molar-refractivity contribution in [3.05, 3.63) is 71.3 Å². The van der Waals surface area contributed by atoms with Gasteiger partial charge in [-0.05, 0) is 29.7 Å². The third kappa shape index (κ3) is 2.39. The van der Waals surface area contributed by atoms with E-state index in [-0.39, 0.29) is 0 Å². The van der Waals surface area contributed by atoms with Gasteiger partial charge in [-0.1, -0.05) is 49.1 Å². The van der Waals surface area contributed by atoms with Crippen molar-refractivity contribution in [2.45, 2.75) is 13.3 Å². The first kappa shape index (κ1) is 11.5.